The average Bonchev–Trinajstić information content (AvgIpc) is 3.63. The van der Waals surface area contributed by atoms with Crippen LogP contribution in [0.25, 0.3) is 6.08 Å². The number of aromatic nitrogens is 3. The molecule has 55 heavy (non-hydrogen) atoms. The minimum absolute atomic E-state index is 0. The van der Waals surface area contributed by atoms with Gasteiger partial charge >= 0.3 is 65.1 Å². The molecule has 1 saturated heterocycles. The van der Waals surface area contributed by atoms with E-state index in [-0.39, 0.29) is 95.6 Å². The number of hydrogen-bond acceptors (Lipinski definition) is 12. The molecule has 0 saturated carbocycles. The quantitative estimate of drug-likeness (QED) is 0.0498. The topological polar surface area (TPSA) is 172 Å². The van der Waals surface area contributed by atoms with Crippen LogP contribution in [-0.4, -0.2) is 50.7 Å². The summed E-state index contributed by atoms with van der Waals surface area (Å²) in [6.45, 7) is 0.317. The number of nitriles is 1. The van der Waals surface area contributed by atoms with Crippen molar-refractivity contribution >= 4 is 31.6 Å². The maximum Gasteiger partial charge on any atom is 1.00 e. The predicted molar refractivity (Wildman–Crippen MR) is 178 cm³/mol. The van der Waals surface area contributed by atoms with Gasteiger partial charge in [-0.25, -0.2) is 32.0 Å². The Balaban J connectivity index is 0.00000406. The van der Waals surface area contributed by atoms with Crippen molar-refractivity contribution in [2.24, 2.45) is 0 Å². The van der Waals surface area contributed by atoms with Crippen molar-refractivity contribution in [1.82, 2.24) is 14.8 Å². The molecule has 0 aliphatic carbocycles. The Hall–Kier alpha value is -2.66. The molecule has 278 valence electrons. The van der Waals surface area contributed by atoms with Crippen LogP contribution in [0.2, 0.25) is 0 Å². The SMILES string of the molecule is C[C@@H](SC1COC(C=CC=Cc2ccc(C#N)cc2F)OC1)[C@@](Cn1cncn1)(OC(=O)c1cccc(F)c1COP(=O)([O-])[O-])c1ccc(F)cc1F.[Na+].[Na+]. The number of benzene rings is 3. The number of thioether (sulfide) groups is 1. The van der Waals surface area contributed by atoms with Crippen molar-refractivity contribution in [3.05, 3.63) is 137 Å². The van der Waals surface area contributed by atoms with Crippen molar-refractivity contribution < 1.29 is 115 Å². The van der Waals surface area contributed by atoms with Crippen LogP contribution in [0.1, 0.15) is 39.5 Å². The molecule has 4 aromatic rings. The van der Waals surface area contributed by atoms with Crippen LogP contribution in [0.5, 0.6) is 0 Å². The summed E-state index contributed by atoms with van der Waals surface area (Å²) in [7, 11) is -5.59. The zero-order valence-corrected chi connectivity index (χ0v) is 35.4. The van der Waals surface area contributed by atoms with Gasteiger partial charge in [0.2, 0.25) is 0 Å². The van der Waals surface area contributed by atoms with Crippen LogP contribution >= 0.6 is 19.6 Å². The Morgan fingerprint density at radius 2 is 1.84 bits per heavy atom. The zero-order chi connectivity index (χ0) is 38.2. The molecule has 1 aliphatic rings. The molecule has 0 bridgehead atoms. The Morgan fingerprint density at radius 3 is 2.47 bits per heavy atom. The van der Waals surface area contributed by atoms with Crippen molar-refractivity contribution in [1.29, 1.82) is 5.26 Å². The van der Waals surface area contributed by atoms with Gasteiger partial charge in [0, 0.05) is 28.0 Å². The van der Waals surface area contributed by atoms with E-state index in [1.54, 1.807) is 25.2 Å². The van der Waals surface area contributed by atoms with Gasteiger partial charge in [-0.1, -0.05) is 30.4 Å². The molecular weight excluding hydrogens is 789 g/mol. The fraction of sp³-hybridized carbons (Fsp3) is 0.257. The fourth-order valence-corrected chi connectivity index (χ4v) is 7.03. The molecule has 3 aromatic carbocycles. The summed E-state index contributed by atoms with van der Waals surface area (Å²) in [5.74, 6) is -4.88. The Morgan fingerprint density at radius 1 is 1.09 bits per heavy atom. The second kappa shape index (κ2) is 21.2. The molecule has 0 radical (unpaired) electrons. The number of hydrogen-bond donors (Lipinski definition) is 0. The van der Waals surface area contributed by atoms with Crippen LogP contribution < -0.4 is 68.9 Å². The summed E-state index contributed by atoms with van der Waals surface area (Å²) < 4.78 is 93.4. The number of nitrogens with zero attached hydrogens (tertiary/aromatic N) is 4. The molecule has 1 aliphatic heterocycles. The standard InChI is InChI=1S/C35H31F4N4O8PS.2Na/c1-22(53-26-16-48-33(49-17-26)8-3-2-5-24-10-9-23(15-40)13-31(24)38)35(19-43-21-41-20-42-43,29-12-11-25(36)14-32(29)39)51-34(44)27-6-4-7-30(37)28(27)18-50-52(45,46)47;;/h2-14,20-22,26,33H,16-19H2,1H3,(H2,45,46,47);;/q;2*+1/p-2/t22-,26?,33?,35-;;/m1../s1. The van der Waals surface area contributed by atoms with Gasteiger partial charge < -0.3 is 33.1 Å². The summed E-state index contributed by atoms with van der Waals surface area (Å²) in [4.78, 5) is 40.2. The number of esters is 1. The van der Waals surface area contributed by atoms with Gasteiger partial charge in [-0.05, 0) is 49.4 Å². The number of carbonyl (C=O) groups is 1. The number of rotatable bonds is 14. The van der Waals surface area contributed by atoms with Gasteiger partial charge in [0.15, 0.2) is 11.9 Å². The molecule has 0 N–H and O–H groups in total. The minimum Gasteiger partial charge on any atom is -0.790 e. The summed E-state index contributed by atoms with van der Waals surface area (Å²) in [5.41, 5.74) is -2.95. The number of phosphoric acid groups is 1. The van der Waals surface area contributed by atoms with Crippen LogP contribution in [-0.2, 0) is 42.1 Å². The van der Waals surface area contributed by atoms with Crippen LogP contribution in [0.15, 0.2) is 85.5 Å². The fourth-order valence-electron chi connectivity index (χ4n) is 5.39. The first kappa shape index (κ1) is 46.7. The molecule has 20 heteroatoms. The number of phosphoric ester groups is 1. The molecule has 1 aromatic heterocycles. The first-order valence-electron chi connectivity index (χ1n) is 15.7. The Bertz CT molecular complexity index is 2080. The summed E-state index contributed by atoms with van der Waals surface area (Å²) in [6.07, 6.45) is 7.94. The van der Waals surface area contributed by atoms with E-state index in [0.717, 1.165) is 36.4 Å². The van der Waals surface area contributed by atoms with Crippen molar-refractivity contribution in [3.8, 4) is 6.07 Å². The maximum atomic E-state index is 15.8. The second-order valence-corrected chi connectivity index (χ2v) is 14.3. The third-order valence-electron chi connectivity index (χ3n) is 7.96. The van der Waals surface area contributed by atoms with Gasteiger partial charge in [-0.3, -0.25) is 0 Å². The van der Waals surface area contributed by atoms with Crippen LogP contribution in [0.4, 0.5) is 17.6 Å². The monoisotopic (exact) mass is 818 g/mol. The number of allylic oxidation sites excluding steroid dienone is 2. The molecule has 12 nitrogen and oxygen atoms in total. The first-order valence-corrected chi connectivity index (χ1v) is 18.1. The van der Waals surface area contributed by atoms with Gasteiger partial charge in [-0.15, -0.1) is 11.8 Å². The molecule has 0 spiro atoms. The van der Waals surface area contributed by atoms with E-state index in [1.165, 1.54) is 47.3 Å². The van der Waals surface area contributed by atoms with Crippen molar-refractivity contribution in [2.45, 2.75) is 42.5 Å². The minimum atomic E-state index is -5.59. The summed E-state index contributed by atoms with van der Waals surface area (Å²) in [5, 5.41) is 11.7. The first-order chi connectivity index (χ1) is 25.3. The maximum absolute atomic E-state index is 15.8. The van der Waals surface area contributed by atoms with E-state index in [0.29, 0.717) is 6.07 Å². The van der Waals surface area contributed by atoms with Gasteiger partial charge in [-0.2, -0.15) is 10.4 Å². The van der Waals surface area contributed by atoms with Gasteiger partial charge in [0.05, 0.1) is 56.6 Å². The number of carbonyl (C=O) groups excluding carboxylic acids is 1. The van der Waals surface area contributed by atoms with E-state index in [9.17, 15) is 32.3 Å². The summed E-state index contributed by atoms with van der Waals surface area (Å²) in [6, 6.07) is 11.8. The third-order valence-corrected chi connectivity index (χ3v) is 9.85. The Labute approximate surface area is 361 Å². The van der Waals surface area contributed by atoms with E-state index >= 15 is 4.39 Å². The predicted octanol–water partition coefficient (Wildman–Crippen LogP) is -1.06. The smallest absolute Gasteiger partial charge is 0.790 e. The molecular formula is C35H29F4N4Na2O8PS. The van der Waals surface area contributed by atoms with Crippen molar-refractivity contribution in [3.63, 3.8) is 0 Å². The van der Waals surface area contributed by atoms with E-state index in [2.05, 4.69) is 14.6 Å². The van der Waals surface area contributed by atoms with E-state index < -0.39 is 77.2 Å². The van der Waals surface area contributed by atoms with Gasteiger partial charge in [0.25, 0.3) is 0 Å². The second-order valence-electron chi connectivity index (χ2n) is 11.5. The number of ether oxygens (including phenoxy) is 3. The number of halogens is 4. The van der Waals surface area contributed by atoms with Crippen LogP contribution in [0.3, 0.4) is 0 Å². The summed E-state index contributed by atoms with van der Waals surface area (Å²) >= 11 is 1.18. The molecule has 0 amide bonds. The molecule has 2 heterocycles. The molecule has 1 fully saturated rings. The van der Waals surface area contributed by atoms with Crippen molar-refractivity contribution in [2.75, 3.05) is 13.2 Å². The molecule has 0 unspecified atom stereocenters. The van der Waals surface area contributed by atoms with Crippen LogP contribution in [0, 0.1) is 34.6 Å². The van der Waals surface area contributed by atoms with E-state index in [1.807, 2.05) is 6.07 Å². The largest absolute Gasteiger partial charge is 1.00 e. The zero-order valence-electron chi connectivity index (χ0n) is 29.6. The molecule has 5 rings (SSSR count). The third kappa shape index (κ3) is 12.7. The Kier molecular flexibility index (Phi) is 18.0. The normalized spacial score (nSPS) is 17.5. The molecule has 2 atom stereocenters. The average molecular weight is 819 g/mol. The van der Waals surface area contributed by atoms with Gasteiger partial charge in [0.1, 0.15) is 35.9 Å². The van der Waals surface area contributed by atoms with E-state index in [4.69, 9.17) is 19.5 Å².